The van der Waals surface area contributed by atoms with Crippen LogP contribution in [0.5, 0.6) is 0 Å². The van der Waals surface area contributed by atoms with Crippen LogP contribution in [0.4, 0.5) is 5.69 Å². The summed E-state index contributed by atoms with van der Waals surface area (Å²) in [7, 11) is 0. The number of aryl methyl sites for hydroxylation is 2. The summed E-state index contributed by atoms with van der Waals surface area (Å²) in [4.78, 5) is 25.2. The van der Waals surface area contributed by atoms with Gasteiger partial charge in [0.25, 0.3) is 5.91 Å². The van der Waals surface area contributed by atoms with E-state index in [1.165, 1.54) is 0 Å². The number of carbonyl (C=O) groups is 2. The number of cyclic esters (lactones) is 1. The summed E-state index contributed by atoms with van der Waals surface area (Å²) >= 11 is 5.95. The normalized spacial score (nSPS) is 15.4. The quantitative estimate of drug-likeness (QED) is 0.572. The molecule has 0 spiro atoms. The van der Waals surface area contributed by atoms with Crippen molar-refractivity contribution < 1.29 is 14.3 Å². The predicted molar refractivity (Wildman–Crippen MR) is 114 cm³/mol. The van der Waals surface area contributed by atoms with E-state index >= 15 is 0 Å². The van der Waals surface area contributed by atoms with Crippen LogP contribution in [0.1, 0.15) is 49.1 Å². The van der Waals surface area contributed by atoms with Crippen molar-refractivity contribution in [2.24, 2.45) is 0 Å². The Morgan fingerprint density at radius 1 is 1.03 bits per heavy atom. The van der Waals surface area contributed by atoms with E-state index in [-0.39, 0.29) is 11.9 Å². The van der Waals surface area contributed by atoms with Crippen LogP contribution in [-0.2, 0) is 11.2 Å². The molecule has 1 N–H and O–H groups in total. The lowest BCUT2D eigenvalue weighted by Crippen LogP contribution is -2.23. The van der Waals surface area contributed by atoms with Crippen LogP contribution in [0.3, 0.4) is 0 Å². The van der Waals surface area contributed by atoms with E-state index in [1.807, 2.05) is 44.2 Å². The number of nitrogens with one attached hydrogen (secondary N) is 1. The molecule has 0 aliphatic carbocycles. The third-order valence-corrected chi connectivity index (χ3v) is 5.38. The van der Waals surface area contributed by atoms with Gasteiger partial charge in [-0.1, -0.05) is 35.9 Å². The summed E-state index contributed by atoms with van der Waals surface area (Å²) in [6.45, 7) is 3.94. The van der Waals surface area contributed by atoms with Gasteiger partial charge in [-0.15, -0.1) is 0 Å². The Labute approximate surface area is 174 Å². The average Bonchev–Trinajstić information content (AvgIpc) is 2.70. The van der Waals surface area contributed by atoms with Crippen molar-refractivity contribution in [1.82, 2.24) is 0 Å². The zero-order chi connectivity index (χ0) is 20.5. The summed E-state index contributed by atoms with van der Waals surface area (Å²) in [6.07, 6.45) is 0.109. The smallest absolute Gasteiger partial charge is 0.339 e. The topological polar surface area (TPSA) is 55.4 Å². The number of halogens is 1. The third-order valence-electron chi connectivity index (χ3n) is 5.13. The number of esters is 1. The summed E-state index contributed by atoms with van der Waals surface area (Å²) in [5.74, 6) is -0.587. The first kappa shape index (κ1) is 19.2. The van der Waals surface area contributed by atoms with Crippen molar-refractivity contribution >= 4 is 29.2 Å². The minimum absolute atomic E-state index is 0.205. The molecule has 4 nitrogen and oxygen atoms in total. The standard InChI is InChI=1S/C24H20ClNO3/c1-14-3-4-15(2)21(11-14)26-23(27)17-7-10-20-18(12-17)13-22(29-24(20)28)16-5-8-19(25)9-6-16/h3-12,22H,13H2,1-2H3,(H,26,27). The number of anilines is 1. The molecule has 0 bridgehead atoms. The minimum atomic E-state index is -0.399. The lowest BCUT2D eigenvalue weighted by atomic mass is 9.93. The number of benzene rings is 3. The van der Waals surface area contributed by atoms with Crippen LogP contribution in [0.25, 0.3) is 0 Å². The molecular formula is C24H20ClNO3. The number of rotatable bonds is 3. The zero-order valence-corrected chi connectivity index (χ0v) is 16.9. The van der Waals surface area contributed by atoms with Gasteiger partial charge in [0.15, 0.2) is 0 Å². The molecule has 5 heteroatoms. The summed E-state index contributed by atoms with van der Waals surface area (Å²) in [6, 6.07) is 18.3. The first-order valence-corrected chi connectivity index (χ1v) is 9.76. The van der Waals surface area contributed by atoms with E-state index < -0.39 is 6.10 Å². The Bertz CT molecular complexity index is 1110. The highest BCUT2D eigenvalue weighted by Crippen LogP contribution is 2.32. The van der Waals surface area contributed by atoms with Crippen molar-refractivity contribution in [3.8, 4) is 0 Å². The van der Waals surface area contributed by atoms with E-state index in [0.29, 0.717) is 22.6 Å². The molecule has 1 unspecified atom stereocenters. The lowest BCUT2D eigenvalue weighted by Gasteiger charge is -2.25. The second-order valence-corrected chi connectivity index (χ2v) is 7.73. The molecule has 1 aliphatic heterocycles. The van der Waals surface area contributed by atoms with Crippen LogP contribution >= 0.6 is 11.6 Å². The van der Waals surface area contributed by atoms with Gasteiger partial charge in [0.1, 0.15) is 6.10 Å². The van der Waals surface area contributed by atoms with Crippen LogP contribution in [-0.4, -0.2) is 11.9 Å². The summed E-state index contributed by atoms with van der Waals surface area (Å²) < 4.78 is 5.58. The number of fused-ring (bicyclic) bond motifs is 1. The highest BCUT2D eigenvalue weighted by Gasteiger charge is 2.28. The Kier molecular flexibility index (Phi) is 5.12. The Balaban J connectivity index is 1.60. The number of ether oxygens (including phenoxy) is 1. The zero-order valence-electron chi connectivity index (χ0n) is 16.2. The monoisotopic (exact) mass is 405 g/mol. The molecular weight excluding hydrogens is 386 g/mol. The molecule has 1 atom stereocenters. The summed E-state index contributed by atoms with van der Waals surface area (Å²) in [5.41, 5.74) is 5.53. The van der Waals surface area contributed by atoms with Gasteiger partial charge in [-0.25, -0.2) is 4.79 Å². The van der Waals surface area contributed by atoms with E-state index in [1.54, 1.807) is 30.3 Å². The molecule has 0 saturated carbocycles. The molecule has 1 amide bonds. The largest absolute Gasteiger partial charge is 0.454 e. The van der Waals surface area contributed by atoms with Gasteiger partial charge < -0.3 is 10.1 Å². The van der Waals surface area contributed by atoms with Crippen LogP contribution < -0.4 is 5.32 Å². The van der Waals surface area contributed by atoms with Gasteiger partial charge in [0, 0.05) is 22.7 Å². The fraction of sp³-hybridized carbons (Fsp3) is 0.167. The Morgan fingerprint density at radius 3 is 2.55 bits per heavy atom. The first-order chi connectivity index (χ1) is 13.9. The molecule has 0 radical (unpaired) electrons. The van der Waals surface area contributed by atoms with Crippen LogP contribution in [0, 0.1) is 13.8 Å². The molecule has 1 aliphatic rings. The first-order valence-electron chi connectivity index (χ1n) is 9.38. The van der Waals surface area contributed by atoms with Gasteiger partial charge in [0.2, 0.25) is 0 Å². The molecule has 0 fully saturated rings. The molecule has 3 aromatic carbocycles. The highest BCUT2D eigenvalue weighted by atomic mass is 35.5. The molecule has 29 heavy (non-hydrogen) atoms. The third kappa shape index (κ3) is 4.03. The predicted octanol–water partition coefficient (Wildman–Crippen LogP) is 5.66. The van der Waals surface area contributed by atoms with Gasteiger partial charge in [0.05, 0.1) is 5.56 Å². The Morgan fingerprint density at radius 2 is 1.79 bits per heavy atom. The van der Waals surface area contributed by atoms with E-state index in [4.69, 9.17) is 16.3 Å². The maximum absolute atomic E-state index is 12.8. The minimum Gasteiger partial charge on any atom is -0.454 e. The van der Waals surface area contributed by atoms with Crippen molar-refractivity contribution in [3.05, 3.63) is 99.1 Å². The fourth-order valence-corrected chi connectivity index (χ4v) is 3.59. The number of hydrogen-bond donors (Lipinski definition) is 1. The fourth-order valence-electron chi connectivity index (χ4n) is 3.47. The van der Waals surface area contributed by atoms with Crippen molar-refractivity contribution in [2.75, 3.05) is 5.32 Å². The second kappa shape index (κ2) is 7.72. The maximum Gasteiger partial charge on any atom is 0.339 e. The molecule has 0 saturated heterocycles. The van der Waals surface area contributed by atoms with Gasteiger partial charge in [-0.3, -0.25) is 4.79 Å². The van der Waals surface area contributed by atoms with Crippen LogP contribution in [0.15, 0.2) is 60.7 Å². The summed E-state index contributed by atoms with van der Waals surface area (Å²) in [5, 5.41) is 3.59. The van der Waals surface area contributed by atoms with E-state index in [9.17, 15) is 9.59 Å². The number of amides is 1. The lowest BCUT2D eigenvalue weighted by molar-refractivity contribution is 0.0252. The SMILES string of the molecule is Cc1ccc(C)c(NC(=O)c2ccc3c(c2)CC(c2ccc(Cl)cc2)OC3=O)c1. The molecule has 3 aromatic rings. The number of hydrogen-bond acceptors (Lipinski definition) is 3. The average molecular weight is 406 g/mol. The van der Waals surface area contributed by atoms with Crippen molar-refractivity contribution in [1.29, 1.82) is 0 Å². The number of carbonyl (C=O) groups excluding carboxylic acids is 2. The Hall–Kier alpha value is -3.11. The second-order valence-electron chi connectivity index (χ2n) is 7.29. The molecule has 146 valence electrons. The van der Waals surface area contributed by atoms with E-state index in [0.717, 1.165) is 27.9 Å². The molecule has 1 heterocycles. The van der Waals surface area contributed by atoms with Gasteiger partial charge >= 0.3 is 5.97 Å². The maximum atomic E-state index is 12.8. The highest BCUT2D eigenvalue weighted by molar-refractivity contribution is 6.30. The molecule has 4 rings (SSSR count). The van der Waals surface area contributed by atoms with Crippen molar-refractivity contribution in [3.63, 3.8) is 0 Å². The van der Waals surface area contributed by atoms with Gasteiger partial charge in [-0.05, 0) is 72.5 Å². The van der Waals surface area contributed by atoms with Crippen molar-refractivity contribution in [2.45, 2.75) is 26.4 Å². The van der Waals surface area contributed by atoms with E-state index in [2.05, 4.69) is 5.32 Å². The van der Waals surface area contributed by atoms with Crippen LogP contribution in [0.2, 0.25) is 5.02 Å². The van der Waals surface area contributed by atoms with Gasteiger partial charge in [-0.2, -0.15) is 0 Å². The molecule has 0 aromatic heterocycles.